The van der Waals surface area contributed by atoms with E-state index in [1.54, 1.807) is 38.6 Å². The van der Waals surface area contributed by atoms with E-state index in [0.29, 0.717) is 54.8 Å². The molecule has 208 valence electrons. The monoisotopic (exact) mass is 535 g/mol. The van der Waals surface area contributed by atoms with Gasteiger partial charge in [0.25, 0.3) is 5.91 Å². The number of carbonyl (C=O) groups excluding carboxylic acids is 2. The number of hydrogen-bond donors (Lipinski definition) is 3. The van der Waals surface area contributed by atoms with Gasteiger partial charge in [-0.2, -0.15) is 0 Å². The summed E-state index contributed by atoms with van der Waals surface area (Å²) in [6.45, 7) is 6.87. The van der Waals surface area contributed by atoms with E-state index in [1.165, 1.54) is 0 Å². The van der Waals surface area contributed by atoms with E-state index in [0.717, 1.165) is 17.5 Å². The fraction of sp³-hybridized carbons (Fsp3) is 0.379. The highest BCUT2D eigenvalue weighted by atomic mass is 16.6. The standard InChI is InChI=1S/C29H37N5O5/c1-29(2,3)39-28(36)33-15-7-14-30-26(35)22-9-6-8-21(19-22)23-13-17-32-27(34-23)31-16-12-20-10-11-24(37-4)25(18-20)38-5/h6,8-11,13,17-19H,7,12,14-16H2,1-5H3,(H,30,35)(H,33,36)(H,31,32,34). The number of benzene rings is 2. The van der Waals surface area contributed by atoms with Gasteiger partial charge >= 0.3 is 6.09 Å². The van der Waals surface area contributed by atoms with Crippen molar-refractivity contribution in [2.75, 3.05) is 39.2 Å². The number of ether oxygens (including phenoxy) is 3. The van der Waals surface area contributed by atoms with Crippen molar-refractivity contribution < 1.29 is 23.8 Å². The fourth-order valence-electron chi connectivity index (χ4n) is 3.68. The second-order valence-corrected chi connectivity index (χ2v) is 9.75. The molecule has 2 amide bonds. The number of hydrogen-bond acceptors (Lipinski definition) is 8. The zero-order chi connectivity index (χ0) is 28.3. The van der Waals surface area contributed by atoms with Gasteiger partial charge in [-0.3, -0.25) is 4.79 Å². The van der Waals surface area contributed by atoms with E-state index in [-0.39, 0.29) is 5.91 Å². The summed E-state index contributed by atoms with van der Waals surface area (Å²) >= 11 is 0. The van der Waals surface area contributed by atoms with Crippen molar-refractivity contribution in [2.24, 2.45) is 0 Å². The molecule has 0 spiro atoms. The van der Waals surface area contributed by atoms with Crippen LogP contribution < -0.4 is 25.4 Å². The minimum Gasteiger partial charge on any atom is -0.493 e. The predicted molar refractivity (Wildman–Crippen MR) is 150 cm³/mol. The molecule has 10 nitrogen and oxygen atoms in total. The van der Waals surface area contributed by atoms with Crippen LogP contribution in [0.2, 0.25) is 0 Å². The van der Waals surface area contributed by atoms with E-state index < -0.39 is 11.7 Å². The maximum atomic E-state index is 12.7. The van der Waals surface area contributed by atoms with Crippen LogP contribution >= 0.6 is 0 Å². The van der Waals surface area contributed by atoms with E-state index in [1.807, 2.05) is 51.1 Å². The van der Waals surface area contributed by atoms with E-state index in [2.05, 4.69) is 25.9 Å². The molecule has 0 aliphatic heterocycles. The first-order valence-electron chi connectivity index (χ1n) is 12.8. The lowest BCUT2D eigenvalue weighted by atomic mass is 10.1. The maximum Gasteiger partial charge on any atom is 0.407 e. The summed E-state index contributed by atoms with van der Waals surface area (Å²) in [5.74, 6) is 1.68. The maximum absolute atomic E-state index is 12.7. The average molecular weight is 536 g/mol. The van der Waals surface area contributed by atoms with Crippen LogP contribution in [0.15, 0.2) is 54.7 Å². The highest BCUT2D eigenvalue weighted by Crippen LogP contribution is 2.27. The van der Waals surface area contributed by atoms with Gasteiger partial charge in [-0.15, -0.1) is 0 Å². The number of anilines is 1. The minimum atomic E-state index is -0.546. The predicted octanol–water partition coefficient (Wildman–Crippen LogP) is 4.46. The number of nitrogens with zero attached hydrogens (tertiary/aromatic N) is 2. The van der Waals surface area contributed by atoms with Crippen LogP contribution in [-0.2, 0) is 11.2 Å². The first kappa shape index (κ1) is 29.2. The van der Waals surface area contributed by atoms with E-state index >= 15 is 0 Å². The topological polar surface area (TPSA) is 124 Å². The van der Waals surface area contributed by atoms with Crippen LogP contribution in [0.4, 0.5) is 10.7 Å². The molecular weight excluding hydrogens is 498 g/mol. The molecule has 0 aliphatic carbocycles. The molecule has 0 unspecified atom stereocenters. The summed E-state index contributed by atoms with van der Waals surface area (Å²) in [5.41, 5.74) is 2.58. The van der Waals surface area contributed by atoms with Gasteiger partial charge in [0.15, 0.2) is 11.5 Å². The van der Waals surface area contributed by atoms with E-state index in [4.69, 9.17) is 14.2 Å². The molecule has 3 aromatic rings. The first-order chi connectivity index (χ1) is 18.7. The summed E-state index contributed by atoms with van der Waals surface area (Å²) < 4.78 is 15.9. The normalized spacial score (nSPS) is 10.9. The lowest BCUT2D eigenvalue weighted by Crippen LogP contribution is -2.34. The minimum absolute atomic E-state index is 0.198. The van der Waals surface area contributed by atoms with Gasteiger partial charge in [0, 0.05) is 37.0 Å². The van der Waals surface area contributed by atoms with Crippen LogP contribution in [0.1, 0.15) is 43.1 Å². The van der Waals surface area contributed by atoms with Gasteiger partial charge in [0.2, 0.25) is 5.95 Å². The molecule has 0 radical (unpaired) electrons. The highest BCUT2D eigenvalue weighted by molar-refractivity contribution is 5.95. The SMILES string of the molecule is COc1ccc(CCNc2nccc(-c3cccc(C(=O)NCCCNC(=O)OC(C)(C)C)c3)n2)cc1OC. The summed E-state index contributed by atoms with van der Waals surface area (Å²) in [6.07, 6.45) is 2.54. The Morgan fingerprint density at radius 3 is 2.41 bits per heavy atom. The third-order valence-corrected chi connectivity index (χ3v) is 5.53. The molecule has 39 heavy (non-hydrogen) atoms. The Kier molecular flexibility index (Phi) is 10.5. The van der Waals surface area contributed by atoms with Crippen LogP contribution in [-0.4, -0.2) is 61.4 Å². The smallest absolute Gasteiger partial charge is 0.407 e. The summed E-state index contributed by atoms with van der Waals surface area (Å²) in [6, 6.07) is 14.9. The molecule has 0 bridgehead atoms. The van der Waals surface area contributed by atoms with Crippen molar-refractivity contribution >= 4 is 17.9 Å². The van der Waals surface area contributed by atoms with Gasteiger partial charge in [0.1, 0.15) is 5.60 Å². The molecule has 1 heterocycles. The van der Waals surface area contributed by atoms with Crippen LogP contribution in [0.3, 0.4) is 0 Å². The molecule has 1 aromatic heterocycles. The fourth-order valence-corrected chi connectivity index (χ4v) is 3.68. The number of nitrogens with one attached hydrogen (secondary N) is 3. The average Bonchev–Trinajstić information content (AvgIpc) is 2.92. The Morgan fingerprint density at radius 2 is 1.67 bits per heavy atom. The third-order valence-electron chi connectivity index (χ3n) is 5.53. The lowest BCUT2D eigenvalue weighted by molar-refractivity contribution is 0.0527. The Labute approximate surface area is 229 Å². The summed E-state index contributed by atoms with van der Waals surface area (Å²) in [4.78, 5) is 33.3. The van der Waals surface area contributed by atoms with Crippen molar-refractivity contribution in [1.82, 2.24) is 20.6 Å². The highest BCUT2D eigenvalue weighted by Gasteiger charge is 2.15. The van der Waals surface area contributed by atoms with Gasteiger partial charge < -0.3 is 30.2 Å². The third kappa shape index (κ3) is 9.48. The van der Waals surface area contributed by atoms with Crippen molar-refractivity contribution in [3.8, 4) is 22.8 Å². The summed E-state index contributed by atoms with van der Waals surface area (Å²) in [5, 5.41) is 8.81. The van der Waals surface area contributed by atoms with Crippen LogP contribution in [0.5, 0.6) is 11.5 Å². The number of amides is 2. The van der Waals surface area contributed by atoms with Gasteiger partial charge in [-0.1, -0.05) is 18.2 Å². The molecular formula is C29H37N5O5. The largest absolute Gasteiger partial charge is 0.493 e. The summed E-state index contributed by atoms with van der Waals surface area (Å²) in [7, 11) is 3.23. The lowest BCUT2D eigenvalue weighted by Gasteiger charge is -2.19. The number of aromatic nitrogens is 2. The Hall–Kier alpha value is -4.34. The molecule has 0 atom stereocenters. The number of rotatable bonds is 12. The van der Waals surface area contributed by atoms with Crippen LogP contribution in [0.25, 0.3) is 11.3 Å². The molecule has 0 aliphatic rings. The van der Waals surface area contributed by atoms with Crippen molar-refractivity contribution in [3.63, 3.8) is 0 Å². The van der Waals surface area contributed by atoms with Crippen molar-refractivity contribution in [3.05, 3.63) is 65.9 Å². The molecule has 0 fully saturated rings. The quantitative estimate of drug-likeness (QED) is 0.291. The number of carbonyl (C=O) groups is 2. The van der Waals surface area contributed by atoms with Crippen molar-refractivity contribution in [1.29, 1.82) is 0 Å². The molecule has 2 aromatic carbocycles. The molecule has 0 saturated heterocycles. The van der Waals surface area contributed by atoms with Crippen LogP contribution in [0, 0.1) is 0 Å². The number of alkyl carbamates (subject to hydrolysis) is 1. The molecule has 0 saturated carbocycles. The second-order valence-electron chi connectivity index (χ2n) is 9.75. The van der Waals surface area contributed by atoms with Gasteiger partial charge in [-0.25, -0.2) is 14.8 Å². The number of methoxy groups -OCH3 is 2. The molecule has 3 N–H and O–H groups in total. The second kappa shape index (κ2) is 14.0. The Balaban J connectivity index is 1.51. The first-order valence-corrected chi connectivity index (χ1v) is 12.8. The zero-order valence-corrected chi connectivity index (χ0v) is 23.2. The zero-order valence-electron chi connectivity index (χ0n) is 23.2. The molecule has 3 rings (SSSR count). The molecule has 10 heteroatoms. The van der Waals surface area contributed by atoms with E-state index in [9.17, 15) is 9.59 Å². The van der Waals surface area contributed by atoms with Gasteiger partial charge in [0.05, 0.1) is 19.9 Å². The van der Waals surface area contributed by atoms with Crippen molar-refractivity contribution in [2.45, 2.75) is 39.2 Å². The van der Waals surface area contributed by atoms with Gasteiger partial charge in [-0.05, 0) is 69.5 Å². The Morgan fingerprint density at radius 1 is 0.897 bits per heavy atom. The Bertz CT molecular complexity index is 1260.